The van der Waals surface area contributed by atoms with Gasteiger partial charge in [0.05, 0.1) is 5.69 Å². The molecule has 2 aromatic rings. The van der Waals surface area contributed by atoms with Gasteiger partial charge >= 0.3 is 0 Å². The molecule has 0 spiro atoms. The van der Waals surface area contributed by atoms with Crippen molar-refractivity contribution in [3.05, 3.63) is 42.6 Å². The Morgan fingerprint density at radius 1 is 1.41 bits per heavy atom. The van der Waals surface area contributed by atoms with Crippen molar-refractivity contribution in [2.24, 2.45) is 0 Å². The molecule has 22 heavy (non-hydrogen) atoms. The number of pyridine rings is 1. The van der Waals surface area contributed by atoms with Gasteiger partial charge in [0.15, 0.2) is 0 Å². The Hall–Kier alpha value is -2.30. The molecule has 1 saturated heterocycles. The monoisotopic (exact) mass is 296 g/mol. The molecule has 3 heterocycles. The zero-order valence-electron chi connectivity index (χ0n) is 12.8. The fourth-order valence-electron chi connectivity index (χ4n) is 3.07. The van der Waals surface area contributed by atoms with Gasteiger partial charge in [-0.2, -0.15) is 0 Å². The van der Waals surface area contributed by atoms with E-state index in [2.05, 4.69) is 15.0 Å². The molecule has 2 aromatic heterocycles. The number of carbonyl (C=O) groups is 1. The number of carbonyl (C=O) groups excluding carboxylic acids is 1. The molecule has 0 radical (unpaired) electrons. The Morgan fingerprint density at radius 3 is 3.09 bits per heavy atom. The lowest BCUT2D eigenvalue weighted by atomic mass is 10.1. The highest BCUT2D eigenvalue weighted by atomic mass is 16.2. The minimum atomic E-state index is 0.182. The van der Waals surface area contributed by atoms with Crippen molar-refractivity contribution in [2.45, 2.75) is 38.6 Å². The minimum absolute atomic E-state index is 0.182. The molecule has 3 rings (SSSR count). The summed E-state index contributed by atoms with van der Waals surface area (Å²) in [5.74, 6) is 0.182. The molecule has 1 aliphatic heterocycles. The number of aryl methyl sites for hydroxylation is 1. The van der Waals surface area contributed by atoms with Gasteiger partial charge in [0.2, 0.25) is 5.91 Å². The van der Waals surface area contributed by atoms with Crippen molar-refractivity contribution < 1.29 is 4.79 Å². The molecule has 1 atom stereocenters. The predicted molar refractivity (Wildman–Crippen MR) is 84.0 cm³/mol. The molecule has 5 heteroatoms. The second-order valence-corrected chi connectivity index (χ2v) is 5.68. The van der Waals surface area contributed by atoms with Crippen LogP contribution in [0.1, 0.15) is 31.9 Å². The van der Waals surface area contributed by atoms with Crippen LogP contribution < -0.4 is 0 Å². The summed E-state index contributed by atoms with van der Waals surface area (Å²) in [5.41, 5.74) is 2.91. The van der Waals surface area contributed by atoms with Gasteiger partial charge in [-0.25, -0.2) is 9.97 Å². The van der Waals surface area contributed by atoms with E-state index in [-0.39, 0.29) is 5.91 Å². The molecule has 114 valence electrons. The number of hydrogen-bond donors (Lipinski definition) is 0. The van der Waals surface area contributed by atoms with Crippen LogP contribution in [0.5, 0.6) is 0 Å². The van der Waals surface area contributed by atoms with Crippen molar-refractivity contribution in [2.75, 3.05) is 6.54 Å². The summed E-state index contributed by atoms with van der Waals surface area (Å²) in [6, 6.07) is 6.27. The zero-order valence-corrected chi connectivity index (χ0v) is 12.8. The first-order valence-corrected chi connectivity index (χ1v) is 7.72. The molecule has 1 fully saturated rings. The molecule has 1 unspecified atom stereocenters. The van der Waals surface area contributed by atoms with E-state index in [0.717, 1.165) is 49.2 Å². The maximum atomic E-state index is 11.6. The van der Waals surface area contributed by atoms with Crippen LogP contribution in [0.25, 0.3) is 11.3 Å². The molecule has 1 amide bonds. The van der Waals surface area contributed by atoms with Crippen molar-refractivity contribution >= 4 is 5.91 Å². The fourth-order valence-corrected chi connectivity index (χ4v) is 3.07. The number of nitrogens with zero attached hydrogens (tertiary/aromatic N) is 4. The topological polar surface area (TPSA) is 59.0 Å². The number of aromatic nitrogens is 3. The van der Waals surface area contributed by atoms with Gasteiger partial charge in [-0.3, -0.25) is 9.78 Å². The Labute approximate surface area is 130 Å². The average molecular weight is 296 g/mol. The maximum absolute atomic E-state index is 11.6. The van der Waals surface area contributed by atoms with Gasteiger partial charge < -0.3 is 4.90 Å². The number of amides is 1. The summed E-state index contributed by atoms with van der Waals surface area (Å²) in [6.45, 7) is 2.55. The molecule has 0 aliphatic carbocycles. The van der Waals surface area contributed by atoms with Crippen LogP contribution in [-0.2, 0) is 11.2 Å². The first-order valence-electron chi connectivity index (χ1n) is 7.72. The van der Waals surface area contributed by atoms with Crippen LogP contribution in [-0.4, -0.2) is 38.3 Å². The highest BCUT2D eigenvalue weighted by Crippen LogP contribution is 2.22. The van der Waals surface area contributed by atoms with E-state index < -0.39 is 0 Å². The summed E-state index contributed by atoms with van der Waals surface area (Å²) in [5, 5.41) is 0. The second-order valence-electron chi connectivity index (χ2n) is 5.68. The summed E-state index contributed by atoms with van der Waals surface area (Å²) in [4.78, 5) is 26.4. The van der Waals surface area contributed by atoms with Gasteiger partial charge in [-0.1, -0.05) is 0 Å². The van der Waals surface area contributed by atoms with E-state index in [1.807, 2.05) is 23.1 Å². The van der Waals surface area contributed by atoms with Crippen LogP contribution in [0.3, 0.4) is 0 Å². The van der Waals surface area contributed by atoms with Crippen molar-refractivity contribution in [3.8, 4) is 11.3 Å². The number of likely N-dealkylation sites (tertiary alicyclic amines) is 1. The summed E-state index contributed by atoms with van der Waals surface area (Å²) >= 11 is 0. The van der Waals surface area contributed by atoms with Crippen molar-refractivity contribution in [1.82, 2.24) is 19.9 Å². The molecule has 0 N–H and O–H groups in total. The lowest BCUT2D eigenvalue weighted by Crippen LogP contribution is -2.33. The quantitative estimate of drug-likeness (QED) is 0.869. The van der Waals surface area contributed by atoms with E-state index in [1.54, 1.807) is 25.6 Å². The third kappa shape index (κ3) is 3.30. The van der Waals surface area contributed by atoms with Crippen LogP contribution in [0.4, 0.5) is 0 Å². The third-order valence-corrected chi connectivity index (χ3v) is 4.20. The Bertz CT molecular complexity index is 644. The normalized spacial score (nSPS) is 17.7. The van der Waals surface area contributed by atoms with Gasteiger partial charge in [0.1, 0.15) is 6.33 Å². The standard InChI is InChI=1S/C17H20N4O/c1-13(22)21-9-3-5-16(21)7-6-15-10-17(20-12-19-15)14-4-2-8-18-11-14/h2,4,8,10-12,16H,3,5-7,9H2,1H3. The molecule has 0 aromatic carbocycles. The Balaban J connectivity index is 1.67. The van der Waals surface area contributed by atoms with E-state index in [1.165, 1.54) is 0 Å². The number of hydrogen-bond acceptors (Lipinski definition) is 4. The van der Waals surface area contributed by atoms with E-state index in [0.29, 0.717) is 6.04 Å². The Kier molecular flexibility index (Phi) is 4.42. The predicted octanol–water partition coefficient (Wildman–Crippen LogP) is 2.48. The second kappa shape index (κ2) is 6.64. The summed E-state index contributed by atoms with van der Waals surface area (Å²) in [7, 11) is 0. The molecule has 5 nitrogen and oxygen atoms in total. The van der Waals surface area contributed by atoms with Crippen LogP contribution in [0.2, 0.25) is 0 Å². The summed E-state index contributed by atoms with van der Waals surface area (Å²) in [6.07, 6.45) is 9.19. The molecular formula is C17H20N4O. The number of rotatable bonds is 4. The van der Waals surface area contributed by atoms with Gasteiger partial charge in [-0.05, 0) is 43.9 Å². The SMILES string of the molecule is CC(=O)N1CCCC1CCc1cc(-c2cccnc2)ncn1. The highest BCUT2D eigenvalue weighted by molar-refractivity contribution is 5.73. The third-order valence-electron chi connectivity index (χ3n) is 4.20. The maximum Gasteiger partial charge on any atom is 0.219 e. The molecule has 1 aliphatic rings. The first-order chi connectivity index (χ1) is 10.7. The van der Waals surface area contributed by atoms with Crippen molar-refractivity contribution in [3.63, 3.8) is 0 Å². The van der Waals surface area contributed by atoms with Gasteiger partial charge in [0, 0.05) is 43.2 Å². The van der Waals surface area contributed by atoms with E-state index in [9.17, 15) is 4.79 Å². The van der Waals surface area contributed by atoms with Gasteiger partial charge in [0.25, 0.3) is 0 Å². The first kappa shape index (κ1) is 14.6. The van der Waals surface area contributed by atoms with Crippen LogP contribution >= 0.6 is 0 Å². The van der Waals surface area contributed by atoms with Gasteiger partial charge in [-0.15, -0.1) is 0 Å². The molecule has 0 bridgehead atoms. The van der Waals surface area contributed by atoms with Crippen LogP contribution in [0, 0.1) is 0 Å². The molecule has 0 saturated carbocycles. The average Bonchev–Trinajstić information content (AvgIpc) is 3.03. The zero-order chi connectivity index (χ0) is 15.4. The fraction of sp³-hybridized carbons (Fsp3) is 0.412. The highest BCUT2D eigenvalue weighted by Gasteiger charge is 2.25. The lowest BCUT2D eigenvalue weighted by molar-refractivity contribution is -0.129. The van der Waals surface area contributed by atoms with Crippen molar-refractivity contribution in [1.29, 1.82) is 0 Å². The smallest absolute Gasteiger partial charge is 0.219 e. The minimum Gasteiger partial charge on any atom is -0.340 e. The van der Waals surface area contributed by atoms with E-state index in [4.69, 9.17) is 0 Å². The van der Waals surface area contributed by atoms with E-state index >= 15 is 0 Å². The Morgan fingerprint density at radius 2 is 2.32 bits per heavy atom. The largest absolute Gasteiger partial charge is 0.340 e. The lowest BCUT2D eigenvalue weighted by Gasteiger charge is -2.23. The summed E-state index contributed by atoms with van der Waals surface area (Å²) < 4.78 is 0. The molecular weight excluding hydrogens is 276 g/mol. The van der Waals surface area contributed by atoms with Crippen LogP contribution in [0.15, 0.2) is 36.9 Å².